The molecule has 164 valence electrons. The third kappa shape index (κ3) is 21.3. The van der Waals surface area contributed by atoms with Gasteiger partial charge in [-0.2, -0.15) is 0 Å². The summed E-state index contributed by atoms with van der Waals surface area (Å²) >= 11 is 0. The van der Waals surface area contributed by atoms with Crippen LogP contribution in [0.2, 0.25) is 44.4 Å². The van der Waals surface area contributed by atoms with Crippen molar-refractivity contribution in [2.24, 2.45) is 0 Å². The van der Waals surface area contributed by atoms with Crippen LogP contribution in [0.4, 0.5) is 0 Å². The minimum atomic E-state index is -1.02. The van der Waals surface area contributed by atoms with Crippen LogP contribution >= 0.6 is 0 Å². The predicted octanol–water partition coefficient (Wildman–Crippen LogP) is 5.73. The molecule has 0 amide bonds. The van der Waals surface area contributed by atoms with E-state index in [9.17, 15) is 0 Å². The number of halogens is 1. The normalized spacial score (nSPS) is 14.2. The van der Waals surface area contributed by atoms with Gasteiger partial charge in [0.25, 0.3) is 0 Å². The molecule has 0 bridgehead atoms. The molecule has 0 N–H and O–H groups in total. The van der Waals surface area contributed by atoms with Crippen molar-refractivity contribution >= 4 is 16.1 Å². The topological polar surface area (TPSA) is 0 Å². The molecule has 0 saturated carbocycles. The molecule has 2 aliphatic carbocycles. The zero-order valence-electron chi connectivity index (χ0n) is 19.9. The number of rotatable bonds is 8. The van der Waals surface area contributed by atoms with E-state index in [0.29, 0.717) is 0 Å². The molecule has 2 radical (unpaired) electrons. The molecule has 29 heavy (non-hydrogen) atoms. The second-order valence-electron chi connectivity index (χ2n) is 9.41. The van der Waals surface area contributed by atoms with Crippen molar-refractivity contribution in [2.75, 3.05) is 0 Å². The molecule has 2 rings (SSSR count). The summed E-state index contributed by atoms with van der Waals surface area (Å²) < 4.78 is 0. The maximum absolute atomic E-state index is 2.59. The van der Waals surface area contributed by atoms with Crippen LogP contribution in [0, 0.1) is 12.8 Å². The van der Waals surface area contributed by atoms with Crippen molar-refractivity contribution in [2.45, 2.75) is 83.5 Å². The van der Waals surface area contributed by atoms with E-state index in [-0.39, 0.29) is 38.6 Å². The second kappa shape index (κ2) is 20.2. The Hall–Kier alpha value is 0.307. The van der Waals surface area contributed by atoms with Gasteiger partial charge < -0.3 is 12.4 Å². The standard InChI is InChI=1S/C15H34Si2.2C5H5.ClH.Zr/c1-8-9-10-11-12-13-14-15(16(2,3)4)17(5,6)7;2*1-2-4-5-3-1;;/h13-15H,8-12H2,1-7H3;2*1-5H;1H;/p-1/b14-13+;;;;. The summed E-state index contributed by atoms with van der Waals surface area (Å²) in [5, 5.41) is 0.932. The first-order chi connectivity index (χ1) is 12.7. The monoisotopic (exact) mass is 525 g/mol. The van der Waals surface area contributed by atoms with E-state index in [1.807, 2.05) is 61.4 Å². The Kier molecular flexibility index (Phi) is 23.7. The predicted molar refractivity (Wildman–Crippen MR) is 134 cm³/mol. The van der Waals surface area contributed by atoms with E-state index >= 15 is 0 Å². The molecule has 0 spiro atoms. The molecule has 0 saturated heterocycles. The van der Waals surface area contributed by atoms with Gasteiger partial charge in [0.1, 0.15) is 0 Å². The van der Waals surface area contributed by atoms with E-state index in [4.69, 9.17) is 0 Å². The van der Waals surface area contributed by atoms with Crippen molar-refractivity contribution in [3.63, 3.8) is 0 Å². The van der Waals surface area contributed by atoms with Crippen molar-refractivity contribution in [1.29, 1.82) is 0 Å². The molecule has 0 nitrogen and oxygen atoms in total. The molecule has 0 atom stereocenters. The van der Waals surface area contributed by atoms with Gasteiger partial charge in [-0.05, 0) is 18.0 Å². The second-order valence-corrected chi connectivity index (χ2v) is 20.7. The van der Waals surface area contributed by atoms with Crippen LogP contribution < -0.4 is 12.4 Å². The maximum Gasteiger partial charge on any atom is 0.0485 e. The van der Waals surface area contributed by atoms with Crippen LogP contribution in [0.25, 0.3) is 0 Å². The van der Waals surface area contributed by atoms with Crippen LogP contribution in [-0.2, 0) is 26.2 Å². The summed E-state index contributed by atoms with van der Waals surface area (Å²) in [6.45, 7) is 17.4. The van der Waals surface area contributed by atoms with Gasteiger partial charge in [0.15, 0.2) is 0 Å². The van der Waals surface area contributed by atoms with E-state index in [0.717, 1.165) is 5.16 Å². The third-order valence-corrected chi connectivity index (χ3v) is 13.8. The first kappa shape index (κ1) is 33.9. The Morgan fingerprint density at radius 3 is 1.34 bits per heavy atom. The average Bonchev–Trinajstić information content (AvgIpc) is 3.29. The first-order valence-corrected chi connectivity index (χ1v) is 17.8. The van der Waals surface area contributed by atoms with Gasteiger partial charge >= 0.3 is 0 Å². The number of hydrogen-bond acceptors (Lipinski definition) is 0. The van der Waals surface area contributed by atoms with Crippen molar-refractivity contribution < 1.29 is 38.6 Å². The molecule has 2 aliphatic rings. The SMILES string of the molecule is CCCCCC/C=C/C([Si](C)(C)C)[Si](C)(C)C.[CH]1C=CC=C1.[CH]1C=CC=C1.[Cl-].[Zr]. The van der Waals surface area contributed by atoms with E-state index < -0.39 is 16.1 Å². The molecular formula is C25H44ClSi2Zr-. The van der Waals surface area contributed by atoms with Gasteiger partial charge in [-0.15, -0.1) is 0 Å². The summed E-state index contributed by atoms with van der Waals surface area (Å²) in [5.41, 5.74) is 0. The molecule has 4 heteroatoms. The Bertz CT molecular complexity index is 450. The van der Waals surface area contributed by atoms with Crippen LogP contribution in [0.3, 0.4) is 0 Å². The molecular weight excluding hydrogens is 483 g/mol. The zero-order valence-corrected chi connectivity index (χ0v) is 25.1. The fraction of sp³-hybridized carbons (Fsp3) is 0.520. The summed E-state index contributed by atoms with van der Waals surface area (Å²) in [7, 11) is -2.05. The molecule has 0 aliphatic heterocycles. The summed E-state index contributed by atoms with van der Waals surface area (Å²) in [6.07, 6.45) is 31.9. The molecule has 0 aromatic heterocycles. The van der Waals surface area contributed by atoms with Gasteiger partial charge in [0.2, 0.25) is 0 Å². The van der Waals surface area contributed by atoms with Crippen LogP contribution in [0.5, 0.6) is 0 Å². The summed E-state index contributed by atoms with van der Waals surface area (Å²) in [6, 6.07) is 0. The molecule has 0 aromatic carbocycles. The fourth-order valence-electron chi connectivity index (χ4n) is 3.44. The van der Waals surface area contributed by atoms with Gasteiger partial charge in [-0.1, -0.05) is 126 Å². The van der Waals surface area contributed by atoms with Gasteiger partial charge in [-0.3, -0.25) is 0 Å². The molecule has 0 heterocycles. The van der Waals surface area contributed by atoms with E-state index in [2.05, 4.69) is 58.4 Å². The molecule has 0 aromatic rings. The molecule has 0 fully saturated rings. The number of hydrogen-bond donors (Lipinski definition) is 0. The Morgan fingerprint density at radius 1 is 0.655 bits per heavy atom. The summed E-state index contributed by atoms with van der Waals surface area (Å²) in [4.78, 5) is 0. The fourth-order valence-corrected chi connectivity index (χ4v) is 15.3. The Labute approximate surface area is 210 Å². The van der Waals surface area contributed by atoms with E-state index in [1.54, 1.807) is 0 Å². The Morgan fingerprint density at radius 2 is 1.07 bits per heavy atom. The van der Waals surface area contributed by atoms with Crippen molar-refractivity contribution in [3.05, 3.63) is 73.6 Å². The largest absolute Gasteiger partial charge is 1.00 e. The van der Waals surface area contributed by atoms with Crippen molar-refractivity contribution in [3.8, 4) is 0 Å². The van der Waals surface area contributed by atoms with Crippen LogP contribution in [0.15, 0.2) is 60.8 Å². The first-order valence-electron chi connectivity index (χ1n) is 10.7. The van der Waals surface area contributed by atoms with Gasteiger partial charge in [0.05, 0.1) is 0 Å². The Balaban J connectivity index is -0.000000455. The van der Waals surface area contributed by atoms with Crippen LogP contribution in [-0.4, -0.2) is 16.1 Å². The average molecular weight is 527 g/mol. The summed E-state index contributed by atoms with van der Waals surface area (Å²) in [5.74, 6) is 0. The number of unbranched alkanes of at least 4 members (excludes halogenated alkanes) is 4. The van der Waals surface area contributed by atoms with Gasteiger partial charge in [0, 0.05) is 55.2 Å². The third-order valence-electron chi connectivity index (χ3n) is 4.53. The van der Waals surface area contributed by atoms with Crippen molar-refractivity contribution in [1.82, 2.24) is 0 Å². The minimum absolute atomic E-state index is 0. The smallest absolute Gasteiger partial charge is 0.0485 e. The van der Waals surface area contributed by atoms with Crippen LogP contribution in [0.1, 0.15) is 39.0 Å². The zero-order chi connectivity index (χ0) is 20.6. The van der Waals surface area contributed by atoms with Gasteiger partial charge in [-0.25, -0.2) is 0 Å². The van der Waals surface area contributed by atoms with E-state index in [1.165, 1.54) is 32.1 Å². The minimum Gasteiger partial charge on any atom is -1.00 e. The maximum atomic E-state index is 2.59. The molecule has 0 unspecified atom stereocenters. The quantitative estimate of drug-likeness (QED) is 0.215. The number of allylic oxidation sites excluding steroid dienone is 10.